The Morgan fingerprint density at radius 1 is 0.580 bits per heavy atom. The molecular formula is C63H51IrN4O. The number of rotatable bonds is 14. The summed E-state index contributed by atoms with van der Waals surface area (Å²) in [6.07, 6.45) is -18.8. The normalized spacial score (nSPS) is 16.9. The third-order valence-electron chi connectivity index (χ3n) is 10.6. The summed E-state index contributed by atoms with van der Waals surface area (Å²) in [6, 6.07) is 37.5. The van der Waals surface area contributed by atoms with E-state index in [9.17, 15) is 24.5 Å². The van der Waals surface area contributed by atoms with Crippen LogP contribution in [-0.2, 0) is 64.7 Å². The van der Waals surface area contributed by atoms with Gasteiger partial charge in [-0.25, -0.2) is 0 Å². The van der Waals surface area contributed by atoms with E-state index in [0.29, 0.717) is 33.3 Å². The molecule has 5 nitrogen and oxygen atoms in total. The minimum Gasteiger partial charge on any atom is -0.499 e. The van der Waals surface area contributed by atoms with Crippen molar-refractivity contribution < 1.29 is 50.6 Å². The van der Waals surface area contributed by atoms with Crippen LogP contribution >= 0.6 is 0 Å². The molecule has 0 radical (unpaired) electrons. The van der Waals surface area contributed by atoms with Gasteiger partial charge in [-0.05, 0) is 112 Å². The minimum absolute atomic E-state index is 0. The number of furan rings is 1. The quantitative estimate of drug-likeness (QED) is 0.101. The Kier molecular flexibility index (Phi) is 8.76. The monoisotopic (exact) mass is 1090 g/mol. The third-order valence-corrected chi connectivity index (χ3v) is 10.6. The van der Waals surface area contributed by atoms with Gasteiger partial charge >= 0.3 is 20.1 Å². The van der Waals surface area contributed by atoms with Crippen LogP contribution in [0, 0.1) is 34.9 Å². The van der Waals surface area contributed by atoms with Gasteiger partial charge in [0.15, 0.2) is 0 Å². The zero-order valence-electron chi connectivity index (χ0n) is 56.3. The maximum absolute atomic E-state index is 10.6. The van der Waals surface area contributed by atoms with Crippen molar-refractivity contribution in [3.05, 3.63) is 233 Å². The average Bonchev–Trinajstić information content (AvgIpc) is 0.989. The molecule has 4 aromatic heterocycles. The summed E-state index contributed by atoms with van der Waals surface area (Å²) in [7, 11) is 0. The number of hydrogen-bond acceptors (Lipinski definition) is 5. The predicted molar refractivity (Wildman–Crippen MR) is 275 cm³/mol. The van der Waals surface area contributed by atoms with E-state index in [4.69, 9.17) is 11.3 Å². The smallest absolute Gasteiger partial charge is 0.499 e. The van der Waals surface area contributed by atoms with Gasteiger partial charge in [0.05, 0.1) is 12.4 Å². The largest absolute Gasteiger partial charge is 3.00 e. The van der Waals surface area contributed by atoms with Crippen molar-refractivity contribution in [3.8, 4) is 51.0 Å². The number of aryl methyl sites for hydroxylation is 6. The Hall–Kier alpha value is -7.29. The van der Waals surface area contributed by atoms with Crippen molar-refractivity contribution in [2.45, 2.75) is 65.4 Å². The topological polar surface area (TPSA) is 75.6 Å². The molecule has 6 heteroatoms. The van der Waals surface area contributed by atoms with Gasteiger partial charge in [-0.15, -0.1) is 90.0 Å². The fourth-order valence-electron chi connectivity index (χ4n) is 7.53. The Morgan fingerprint density at radius 3 is 1.71 bits per heavy atom. The molecule has 6 aromatic carbocycles. The van der Waals surface area contributed by atoms with Gasteiger partial charge in [0.25, 0.3) is 0 Å². The van der Waals surface area contributed by atoms with Crippen LogP contribution in [0.1, 0.15) is 91.3 Å². The Morgan fingerprint density at radius 2 is 1.16 bits per heavy atom. The van der Waals surface area contributed by atoms with Crippen LogP contribution in [0.3, 0.4) is 0 Å². The van der Waals surface area contributed by atoms with Gasteiger partial charge in [0.2, 0.25) is 0 Å². The molecule has 0 aliphatic carbocycles. The molecule has 338 valence electrons. The van der Waals surface area contributed by atoms with E-state index in [2.05, 4.69) is 39.2 Å². The first kappa shape index (κ1) is 28.9. The van der Waals surface area contributed by atoms with Crippen LogP contribution in [0.25, 0.3) is 66.8 Å². The molecule has 0 aliphatic rings. The van der Waals surface area contributed by atoms with Crippen molar-refractivity contribution in [2.75, 3.05) is 0 Å². The molecule has 0 N–H and O–H groups in total. The number of benzene rings is 6. The standard InChI is InChI=1S/C63H51N4O.Ir/c1-63(2,3)38-52-37-60(56-21-13-20-54-55-31-30-53(48-14-7-4-8-15-48)57(39-64)62(55)68-61(54)56)67-42-51(52)29-26-47-35-45(24-22-43-27-32-58(65-40-43)49-16-9-5-10-17-49)34-46(36-47)25-23-44-28-33-59(66-41-44)50-18-11-6-12-19-50;/h4-16,18,20,27-28,30-37,40-42H,22-26,29,38H2,1-3H3;/q-3;+3/i4D,7D,8D,14D,15D,22D2,23D2,24D2,25D2,26D2,29D2,38D2;. The zero-order valence-corrected chi connectivity index (χ0v) is 39.7. The minimum atomic E-state index is -3.45. The fourth-order valence-corrected chi connectivity index (χ4v) is 7.53. The molecule has 4 heterocycles. The summed E-state index contributed by atoms with van der Waals surface area (Å²) in [6.45, 7) is 4.62. The molecule has 10 rings (SSSR count). The number of nitriles is 1. The van der Waals surface area contributed by atoms with Crippen molar-refractivity contribution in [3.63, 3.8) is 0 Å². The van der Waals surface area contributed by atoms with Crippen LogP contribution < -0.4 is 0 Å². The number of aromatic nitrogens is 3. The van der Waals surface area contributed by atoms with Crippen molar-refractivity contribution in [1.29, 1.82) is 5.26 Å². The number of hydrogen-bond donors (Lipinski definition) is 0. The van der Waals surface area contributed by atoms with Gasteiger partial charge in [-0.2, -0.15) is 5.26 Å². The summed E-state index contributed by atoms with van der Waals surface area (Å²) in [4.78, 5) is 13.3. The summed E-state index contributed by atoms with van der Waals surface area (Å²) in [5.41, 5.74) is -3.65. The molecule has 10 aromatic rings. The molecule has 0 amide bonds. The SMILES string of the molecule is [2H]c1c([2H])c([2H])c(-c2ccc3c(oc4c(-c5cc(C([2H])([2H])C(C)(C)C)c(C([2H])([2H])C([2H])([2H])c6cc(C([2H])([2H])C([2H])([2H])c7ccc(-c8[c-]cccc8)nc7)cc(C([2H])([2H])C([2H])([2H])c7ccc(-c8[c-]cccc8)nc7)c6)cn5)[c-]ccc43)c2C#N)c([2H])c1[2H].[Ir+3]. The van der Waals surface area contributed by atoms with E-state index in [1.807, 2.05) is 0 Å². The molecule has 69 heavy (non-hydrogen) atoms. The molecule has 0 atom stereocenters. The second kappa shape index (κ2) is 20.9. The van der Waals surface area contributed by atoms with Crippen LogP contribution in [-0.4, -0.2) is 15.0 Å². The molecule has 0 spiro atoms. The van der Waals surface area contributed by atoms with Gasteiger partial charge in [0, 0.05) is 48.7 Å². The summed E-state index contributed by atoms with van der Waals surface area (Å²) in [5.74, 6) is 0. The van der Waals surface area contributed by atoms with E-state index in [-0.39, 0.29) is 70.3 Å². The van der Waals surface area contributed by atoms with E-state index in [0.717, 1.165) is 36.8 Å². The zero-order chi connectivity index (χ0) is 63.4. The van der Waals surface area contributed by atoms with E-state index in [1.54, 1.807) is 60.7 Å². The Balaban J connectivity index is 0.00000922. The second-order valence-corrected chi connectivity index (χ2v) is 16.6. The first-order chi connectivity index (χ1) is 40.6. The van der Waals surface area contributed by atoms with E-state index in [1.165, 1.54) is 63.2 Å². The molecule has 0 saturated carbocycles. The number of nitrogens with zero attached hydrogens (tertiary/aromatic N) is 4. The molecule has 0 saturated heterocycles. The van der Waals surface area contributed by atoms with E-state index < -0.39 is 108 Å². The van der Waals surface area contributed by atoms with Gasteiger partial charge in [0.1, 0.15) is 17.2 Å². The summed E-state index contributed by atoms with van der Waals surface area (Å²) in [5, 5.41) is 11.4. The molecule has 0 fully saturated rings. The molecule has 0 bridgehead atoms. The predicted octanol–water partition coefficient (Wildman–Crippen LogP) is 14.7. The number of pyridine rings is 3. The maximum atomic E-state index is 10.6. The number of fused-ring (bicyclic) bond motifs is 3. The average molecular weight is 1090 g/mol. The van der Waals surface area contributed by atoms with Gasteiger partial charge in [-0.1, -0.05) is 123 Å². The van der Waals surface area contributed by atoms with Crippen LogP contribution in [0.5, 0.6) is 0 Å². The molecule has 0 aliphatic heterocycles. The van der Waals surface area contributed by atoms with Crippen molar-refractivity contribution >= 4 is 21.9 Å². The van der Waals surface area contributed by atoms with Crippen molar-refractivity contribution in [1.82, 2.24) is 15.0 Å². The molecule has 0 unspecified atom stereocenters. The molecular weight excluding hydrogens is 1020 g/mol. The van der Waals surface area contributed by atoms with Gasteiger partial charge < -0.3 is 19.4 Å². The van der Waals surface area contributed by atoms with Crippen molar-refractivity contribution in [2.24, 2.45) is 5.41 Å². The first-order valence-corrected chi connectivity index (χ1v) is 21.6. The van der Waals surface area contributed by atoms with E-state index >= 15 is 0 Å². The first-order valence-electron chi connectivity index (χ1n) is 31.1. The Bertz CT molecular complexity index is 4220. The Labute approximate surface area is 446 Å². The third kappa shape index (κ3) is 10.9. The summed E-state index contributed by atoms with van der Waals surface area (Å²) < 4.78 is 183. The fraction of sp³-hybridized carbons (Fsp3) is 0.175. The second-order valence-electron chi connectivity index (χ2n) is 16.6. The maximum Gasteiger partial charge on any atom is 3.00 e. The van der Waals surface area contributed by atoms with Gasteiger partial charge in [-0.3, -0.25) is 0 Å². The van der Waals surface area contributed by atoms with Crippen LogP contribution in [0.15, 0.2) is 175 Å². The van der Waals surface area contributed by atoms with Crippen LogP contribution in [0.2, 0.25) is 0 Å². The van der Waals surface area contributed by atoms with Crippen LogP contribution in [0.4, 0.5) is 0 Å². The summed E-state index contributed by atoms with van der Waals surface area (Å²) >= 11 is 0.